The molecule has 1 fully saturated rings. The van der Waals surface area contributed by atoms with Crippen molar-refractivity contribution in [3.05, 3.63) is 0 Å². The van der Waals surface area contributed by atoms with Crippen LogP contribution >= 0.6 is 0 Å². The van der Waals surface area contributed by atoms with Crippen LogP contribution in [0.1, 0.15) is 40.0 Å². The third kappa shape index (κ3) is 3.66. The lowest BCUT2D eigenvalue weighted by atomic mass is 10.0. The van der Waals surface area contributed by atoms with E-state index in [1.807, 2.05) is 0 Å². The van der Waals surface area contributed by atoms with Gasteiger partial charge in [0, 0.05) is 25.6 Å². The number of amides is 1. The van der Waals surface area contributed by atoms with E-state index in [4.69, 9.17) is 0 Å². The number of rotatable bonds is 4. The molecule has 0 heterocycles. The molecule has 1 amide bonds. The molecule has 14 heavy (non-hydrogen) atoms. The van der Waals surface area contributed by atoms with Crippen LogP contribution in [0.15, 0.2) is 0 Å². The van der Waals surface area contributed by atoms with Crippen LogP contribution in [0.5, 0.6) is 0 Å². The zero-order chi connectivity index (χ0) is 10.6. The second kappa shape index (κ2) is 5.35. The molecule has 0 saturated heterocycles. The third-order valence-corrected chi connectivity index (χ3v) is 2.84. The first-order chi connectivity index (χ1) is 6.59. The van der Waals surface area contributed by atoms with E-state index in [2.05, 4.69) is 24.5 Å². The van der Waals surface area contributed by atoms with Crippen molar-refractivity contribution >= 4 is 5.91 Å². The van der Waals surface area contributed by atoms with E-state index in [9.17, 15) is 4.79 Å². The Hall–Kier alpha value is -0.570. The molecule has 2 N–H and O–H groups in total. The fraction of sp³-hybridized carbons (Fsp3) is 0.909. The van der Waals surface area contributed by atoms with Crippen molar-refractivity contribution < 1.29 is 4.79 Å². The molecule has 1 rings (SSSR count). The predicted molar refractivity (Wildman–Crippen MR) is 58.1 cm³/mol. The highest BCUT2D eigenvalue weighted by Gasteiger charge is 2.27. The zero-order valence-corrected chi connectivity index (χ0v) is 9.47. The number of carbonyl (C=O) groups excluding carboxylic acids is 1. The summed E-state index contributed by atoms with van der Waals surface area (Å²) in [7, 11) is 0. The maximum Gasteiger partial charge on any atom is 0.217 e. The van der Waals surface area contributed by atoms with Crippen LogP contribution in [-0.4, -0.2) is 24.5 Å². The second-order valence-corrected chi connectivity index (χ2v) is 4.56. The maximum absolute atomic E-state index is 11.0. The molecule has 1 aliphatic rings. The van der Waals surface area contributed by atoms with Gasteiger partial charge in [-0.2, -0.15) is 0 Å². The van der Waals surface area contributed by atoms with E-state index in [0.29, 0.717) is 18.0 Å². The van der Waals surface area contributed by atoms with E-state index >= 15 is 0 Å². The van der Waals surface area contributed by atoms with Crippen LogP contribution < -0.4 is 10.6 Å². The SMILES string of the molecule is CC(=O)N[C@H]1CCC[C@@H]1CNC(C)C. The fourth-order valence-corrected chi connectivity index (χ4v) is 2.12. The molecule has 0 aliphatic heterocycles. The molecule has 0 unspecified atom stereocenters. The van der Waals surface area contributed by atoms with Gasteiger partial charge in [-0.05, 0) is 18.8 Å². The average Bonchev–Trinajstić information content (AvgIpc) is 2.47. The third-order valence-electron chi connectivity index (χ3n) is 2.84. The van der Waals surface area contributed by atoms with E-state index in [-0.39, 0.29) is 5.91 Å². The summed E-state index contributed by atoms with van der Waals surface area (Å²) in [5.74, 6) is 0.729. The predicted octanol–water partition coefficient (Wildman–Crippen LogP) is 1.29. The Morgan fingerprint density at radius 1 is 1.43 bits per heavy atom. The molecule has 82 valence electrons. The summed E-state index contributed by atoms with van der Waals surface area (Å²) in [6.07, 6.45) is 3.63. The Balaban J connectivity index is 2.31. The highest BCUT2D eigenvalue weighted by atomic mass is 16.1. The Morgan fingerprint density at radius 3 is 2.71 bits per heavy atom. The number of hydrogen-bond donors (Lipinski definition) is 2. The van der Waals surface area contributed by atoms with E-state index < -0.39 is 0 Å². The highest BCUT2D eigenvalue weighted by molar-refractivity contribution is 5.73. The van der Waals surface area contributed by atoms with Crippen LogP contribution in [0, 0.1) is 5.92 Å². The molecule has 3 nitrogen and oxygen atoms in total. The minimum atomic E-state index is 0.103. The van der Waals surface area contributed by atoms with Crippen LogP contribution in [0.3, 0.4) is 0 Å². The van der Waals surface area contributed by atoms with Crippen molar-refractivity contribution in [2.75, 3.05) is 6.54 Å². The van der Waals surface area contributed by atoms with Crippen molar-refractivity contribution in [1.29, 1.82) is 0 Å². The van der Waals surface area contributed by atoms with E-state index in [1.165, 1.54) is 12.8 Å². The topological polar surface area (TPSA) is 41.1 Å². The minimum absolute atomic E-state index is 0.103. The molecule has 2 atom stereocenters. The first-order valence-electron chi connectivity index (χ1n) is 5.60. The molecular formula is C11H22N2O. The van der Waals surface area contributed by atoms with Gasteiger partial charge in [0.05, 0.1) is 0 Å². The monoisotopic (exact) mass is 198 g/mol. The van der Waals surface area contributed by atoms with Gasteiger partial charge in [0.2, 0.25) is 5.91 Å². The molecule has 3 heteroatoms. The van der Waals surface area contributed by atoms with Crippen molar-refractivity contribution in [1.82, 2.24) is 10.6 Å². The Bertz CT molecular complexity index is 192. The van der Waals surface area contributed by atoms with Gasteiger partial charge in [-0.25, -0.2) is 0 Å². The summed E-state index contributed by atoms with van der Waals surface area (Å²) in [6, 6.07) is 0.937. The molecule has 1 saturated carbocycles. The lowest BCUT2D eigenvalue weighted by Crippen LogP contribution is -2.41. The quantitative estimate of drug-likeness (QED) is 0.714. The fourth-order valence-electron chi connectivity index (χ4n) is 2.12. The Kier molecular flexibility index (Phi) is 4.39. The van der Waals surface area contributed by atoms with Crippen molar-refractivity contribution in [2.24, 2.45) is 5.92 Å². The van der Waals surface area contributed by atoms with Gasteiger partial charge in [0.15, 0.2) is 0 Å². The van der Waals surface area contributed by atoms with Gasteiger partial charge >= 0.3 is 0 Å². The molecule has 0 radical (unpaired) electrons. The first kappa shape index (κ1) is 11.5. The van der Waals surface area contributed by atoms with Crippen molar-refractivity contribution in [2.45, 2.75) is 52.1 Å². The van der Waals surface area contributed by atoms with E-state index in [1.54, 1.807) is 6.92 Å². The average molecular weight is 198 g/mol. The lowest BCUT2D eigenvalue weighted by molar-refractivity contribution is -0.119. The number of carbonyl (C=O) groups is 1. The van der Waals surface area contributed by atoms with E-state index in [0.717, 1.165) is 13.0 Å². The molecule has 0 spiro atoms. The Morgan fingerprint density at radius 2 is 2.14 bits per heavy atom. The van der Waals surface area contributed by atoms with Crippen molar-refractivity contribution in [3.63, 3.8) is 0 Å². The smallest absolute Gasteiger partial charge is 0.217 e. The summed E-state index contributed by atoms with van der Waals surface area (Å²) >= 11 is 0. The van der Waals surface area contributed by atoms with Gasteiger partial charge in [0.25, 0.3) is 0 Å². The number of hydrogen-bond acceptors (Lipinski definition) is 2. The summed E-state index contributed by atoms with van der Waals surface area (Å²) in [4.78, 5) is 11.0. The number of nitrogens with one attached hydrogen (secondary N) is 2. The van der Waals surface area contributed by atoms with Gasteiger partial charge in [-0.3, -0.25) is 4.79 Å². The molecule has 1 aliphatic carbocycles. The van der Waals surface area contributed by atoms with Gasteiger partial charge in [0.1, 0.15) is 0 Å². The standard InChI is InChI=1S/C11H22N2O/c1-8(2)12-7-10-5-4-6-11(10)13-9(3)14/h8,10-12H,4-7H2,1-3H3,(H,13,14)/t10-,11+/m1/s1. The first-order valence-corrected chi connectivity index (χ1v) is 5.60. The lowest BCUT2D eigenvalue weighted by Gasteiger charge is -2.21. The normalized spacial score (nSPS) is 26.9. The summed E-state index contributed by atoms with van der Waals surface area (Å²) in [6.45, 7) is 6.94. The van der Waals surface area contributed by atoms with Crippen LogP contribution in [0.25, 0.3) is 0 Å². The molecule has 0 aromatic carbocycles. The summed E-state index contributed by atoms with van der Waals surface area (Å²) in [5, 5.41) is 6.48. The van der Waals surface area contributed by atoms with Crippen molar-refractivity contribution in [3.8, 4) is 0 Å². The highest BCUT2D eigenvalue weighted by Crippen LogP contribution is 2.25. The molecular weight excluding hydrogens is 176 g/mol. The molecule has 0 bridgehead atoms. The van der Waals surface area contributed by atoms with Crippen LogP contribution in [-0.2, 0) is 4.79 Å². The largest absolute Gasteiger partial charge is 0.353 e. The molecule has 0 aromatic rings. The zero-order valence-electron chi connectivity index (χ0n) is 9.47. The minimum Gasteiger partial charge on any atom is -0.353 e. The van der Waals surface area contributed by atoms with Gasteiger partial charge in [-0.1, -0.05) is 20.3 Å². The molecule has 0 aromatic heterocycles. The maximum atomic E-state index is 11.0. The van der Waals surface area contributed by atoms with Crippen LogP contribution in [0.4, 0.5) is 0 Å². The summed E-state index contributed by atoms with van der Waals surface area (Å²) in [5.41, 5.74) is 0. The summed E-state index contributed by atoms with van der Waals surface area (Å²) < 4.78 is 0. The second-order valence-electron chi connectivity index (χ2n) is 4.56. The van der Waals surface area contributed by atoms with Gasteiger partial charge < -0.3 is 10.6 Å². The Labute approximate surface area is 86.6 Å². The van der Waals surface area contributed by atoms with Crippen LogP contribution in [0.2, 0.25) is 0 Å². The van der Waals surface area contributed by atoms with Gasteiger partial charge in [-0.15, -0.1) is 0 Å².